The lowest BCUT2D eigenvalue weighted by atomic mass is 10.0. The van der Waals surface area contributed by atoms with Gasteiger partial charge in [0.2, 0.25) is 0 Å². The molecule has 3 rings (SSSR count). The predicted molar refractivity (Wildman–Crippen MR) is 105 cm³/mol. The minimum atomic E-state index is -0.321. The van der Waals surface area contributed by atoms with Gasteiger partial charge in [-0.3, -0.25) is 4.79 Å². The van der Waals surface area contributed by atoms with Gasteiger partial charge < -0.3 is 10.6 Å². The van der Waals surface area contributed by atoms with Gasteiger partial charge in [-0.1, -0.05) is 32.0 Å². The molecule has 0 spiro atoms. The summed E-state index contributed by atoms with van der Waals surface area (Å²) in [6.45, 7) is 4.24. The zero-order valence-electron chi connectivity index (χ0n) is 15.1. The molecule has 0 unspecified atom stereocenters. The molecule has 3 aromatic rings. The van der Waals surface area contributed by atoms with Crippen LogP contribution in [0.25, 0.3) is 0 Å². The van der Waals surface area contributed by atoms with Crippen molar-refractivity contribution in [3.05, 3.63) is 77.7 Å². The van der Waals surface area contributed by atoms with Crippen molar-refractivity contribution in [2.45, 2.75) is 19.8 Å². The molecular formula is C21H19N5O. The molecule has 27 heavy (non-hydrogen) atoms. The Hall–Kier alpha value is -3.72. The molecule has 2 N–H and O–H groups in total. The summed E-state index contributed by atoms with van der Waals surface area (Å²) in [7, 11) is 0. The minimum absolute atomic E-state index is 0.222. The monoisotopic (exact) mass is 357 g/mol. The molecule has 1 amide bonds. The van der Waals surface area contributed by atoms with Crippen molar-refractivity contribution >= 4 is 23.1 Å². The summed E-state index contributed by atoms with van der Waals surface area (Å²) in [5, 5.41) is 14.8. The number of benzene rings is 2. The highest BCUT2D eigenvalue weighted by atomic mass is 16.1. The van der Waals surface area contributed by atoms with Gasteiger partial charge in [0.1, 0.15) is 11.5 Å². The first-order valence-electron chi connectivity index (χ1n) is 8.55. The molecule has 0 atom stereocenters. The summed E-state index contributed by atoms with van der Waals surface area (Å²) in [6.07, 6.45) is 2.89. The van der Waals surface area contributed by atoms with Gasteiger partial charge in [-0.2, -0.15) is 5.26 Å². The van der Waals surface area contributed by atoms with Crippen LogP contribution in [-0.4, -0.2) is 15.9 Å². The fourth-order valence-corrected chi connectivity index (χ4v) is 2.47. The molecule has 0 aliphatic heterocycles. The first kappa shape index (κ1) is 18.1. The van der Waals surface area contributed by atoms with Gasteiger partial charge in [-0.25, -0.2) is 9.97 Å². The number of nitriles is 1. The second-order valence-electron chi connectivity index (χ2n) is 6.34. The van der Waals surface area contributed by atoms with Crippen molar-refractivity contribution in [2.75, 3.05) is 10.6 Å². The fraction of sp³-hybridized carbons (Fsp3) is 0.143. The maximum absolute atomic E-state index is 12.3. The summed E-state index contributed by atoms with van der Waals surface area (Å²) in [4.78, 5) is 20.7. The second kappa shape index (κ2) is 8.11. The molecule has 0 saturated carbocycles. The lowest BCUT2D eigenvalue weighted by molar-refractivity contribution is 0.102. The molecule has 2 aromatic carbocycles. The van der Waals surface area contributed by atoms with Crippen LogP contribution < -0.4 is 10.6 Å². The molecular weight excluding hydrogens is 338 g/mol. The standard InChI is InChI=1S/C21H19N5O/c1-14(2)16-6-8-17(9-7-16)26-21(27)19-12-24-20(13-23-19)25-18-5-3-4-15(10-18)11-22/h3-10,12-14H,1-2H3,(H,24,25)(H,26,27). The normalized spacial score (nSPS) is 10.3. The summed E-state index contributed by atoms with van der Waals surface area (Å²) in [6, 6.07) is 16.9. The maximum atomic E-state index is 12.3. The number of hydrogen-bond donors (Lipinski definition) is 2. The topological polar surface area (TPSA) is 90.7 Å². The van der Waals surface area contributed by atoms with Crippen molar-refractivity contribution in [1.29, 1.82) is 5.26 Å². The van der Waals surface area contributed by atoms with Gasteiger partial charge in [-0.15, -0.1) is 0 Å². The van der Waals surface area contributed by atoms with Crippen LogP contribution in [0.1, 0.15) is 41.4 Å². The van der Waals surface area contributed by atoms with Crippen molar-refractivity contribution in [1.82, 2.24) is 9.97 Å². The van der Waals surface area contributed by atoms with Crippen molar-refractivity contribution in [3.63, 3.8) is 0 Å². The van der Waals surface area contributed by atoms with Crippen molar-refractivity contribution in [2.24, 2.45) is 0 Å². The van der Waals surface area contributed by atoms with Gasteiger partial charge in [0.15, 0.2) is 0 Å². The van der Waals surface area contributed by atoms with Crippen LogP contribution in [0.5, 0.6) is 0 Å². The van der Waals surface area contributed by atoms with Crippen LogP contribution >= 0.6 is 0 Å². The van der Waals surface area contributed by atoms with Crippen LogP contribution in [0.4, 0.5) is 17.2 Å². The van der Waals surface area contributed by atoms with Crippen LogP contribution in [0.15, 0.2) is 60.9 Å². The maximum Gasteiger partial charge on any atom is 0.275 e. The van der Waals surface area contributed by atoms with Gasteiger partial charge in [0, 0.05) is 11.4 Å². The molecule has 0 aliphatic rings. The lowest BCUT2D eigenvalue weighted by Gasteiger charge is -2.09. The zero-order valence-corrected chi connectivity index (χ0v) is 15.1. The molecule has 6 nitrogen and oxygen atoms in total. The first-order chi connectivity index (χ1) is 13.0. The molecule has 6 heteroatoms. The Morgan fingerprint density at radius 1 is 1.04 bits per heavy atom. The van der Waals surface area contributed by atoms with Crippen molar-refractivity contribution < 1.29 is 4.79 Å². The molecule has 0 saturated heterocycles. The van der Waals surface area contributed by atoms with E-state index in [1.165, 1.54) is 18.0 Å². The molecule has 134 valence electrons. The Morgan fingerprint density at radius 3 is 2.44 bits per heavy atom. The Labute approximate surface area is 157 Å². The van der Waals surface area contributed by atoms with Crippen LogP contribution in [-0.2, 0) is 0 Å². The highest BCUT2D eigenvalue weighted by molar-refractivity contribution is 6.02. The summed E-state index contributed by atoms with van der Waals surface area (Å²) < 4.78 is 0. The quantitative estimate of drug-likeness (QED) is 0.703. The Bertz CT molecular complexity index is 973. The van der Waals surface area contributed by atoms with Gasteiger partial charge in [-0.05, 0) is 41.8 Å². The van der Waals surface area contributed by atoms with Crippen LogP contribution in [0, 0.1) is 11.3 Å². The summed E-state index contributed by atoms with van der Waals surface area (Å²) in [5.74, 6) is 0.607. The first-order valence-corrected chi connectivity index (χ1v) is 8.55. The third-order valence-corrected chi connectivity index (χ3v) is 3.98. The average molecular weight is 357 g/mol. The van der Waals surface area contributed by atoms with E-state index >= 15 is 0 Å². The number of carbonyl (C=O) groups is 1. The Morgan fingerprint density at radius 2 is 1.81 bits per heavy atom. The van der Waals surface area contributed by atoms with E-state index in [9.17, 15) is 4.79 Å². The highest BCUT2D eigenvalue weighted by Gasteiger charge is 2.09. The number of carbonyl (C=O) groups excluding carboxylic acids is 1. The summed E-state index contributed by atoms with van der Waals surface area (Å²) >= 11 is 0. The van der Waals surface area contributed by atoms with E-state index in [1.54, 1.807) is 18.2 Å². The number of amides is 1. The van der Waals surface area contributed by atoms with E-state index in [2.05, 4.69) is 40.5 Å². The lowest BCUT2D eigenvalue weighted by Crippen LogP contribution is -2.14. The van der Waals surface area contributed by atoms with E-state index in [-0.39, 0.29) is 11.6 Å². The Balaban J connectivity index is 1.65. The number of aromatic nitrogens is 2. The van der Waals surface area contributed by atoms with Crippen LogP contribution in [0.2, 0.25) is 0 Å². The van der Waals surface area contributed by atoms with Gasteiger partial charge in [0.05, 0.1) is 24.0 Å². The van der Waals surface area contributed by atoms with E-state index in [0.717, 1.165) is 5.69 Å². The largest absolute Gasteiger partial charge is 0.339 e. The molecule has 0 aliphatic carbocycles. The number of anilines is 3. The number of hydrogen-bond acceptors (Lipinski definition) is 5. The van der Waals surface area contributed by atoms with E-state index in [1.807, 2.05) is 30.3 Å². The van der Waals surface area contributed by atoms with Gasteiger partial charge >= 0.3 is 0 Å². The SMILES string of the molecule is CC(C)c1ccc(NC(=O)c2cnc(Nc3cccc(C#N)c3)cn2)cc1. The van der Waals surface area contributed by atoms with Crippen molar-refractivity contribution in [3.8, 4) is 6.07 Å². The molecule has 0 fully saturated rings. The number of rotatable bonds is 5. The average Bonchev–Trinajstić information content (AvgIpc) is 2.69. The van der Waals surface area contributed by atoms with Gasteiger partial charge in [0.25, 0.3) is 5.91 Å². The van der Waals surface area contributed by atoms with E-state index in [0.29, 0.717) is 23.0 Å². The smallest absolute Gasteiger partial charge is 0.275 e. The molecule has 0 bridgehead atoms. The number of nitrogens with zero attached hydrogens (tertiary/aromatic N) is 3. The fourth-order valence-electron chi connectivity index (χ4n) is 2.47. The second-order valence-corrected chi connectivity index (χ2v) is 6.34. The van der Waals surface area contributed by atoms with Crippen LogP contribution in [0.3, 0.4) is 0 Å². The number of nitrogens with one attached hydrogen (secondary N) is 2. The predicted octanol–water partition coefficient (Wildman–Crippen LogP) is 4.47. The van der Waals surface area contributed by atoms with E-state index in [4.69, 9.17) is 5.26 Å². The van der Waals surface area contributed by atoms with E-state index < -0.39 is 0 Å². The third kappa shape index (κ3) is 4.67. The highest BCUT2D eigenvalue weighted by Crippen LogP contribution is 2.18. The molecule has 1 aromatic heterocycles. The minimum Gasteiger partial charge on any atom is -0.339 e. The third-order valence-electron chi connectivity index (χ3n) is 3.98. The zero-order chi connectivity index (χ0) is 19.2. The Kier molecular flexibility index (Phi) is 5.43. The summed E-state index contributed by atoms with van der Waals surface area (Å²) in [5.41, 5.74) is 3.42. The molecule has 0 radical (unpaired) electrons. The molecule has 1 heterocycles.